The van der Waals surface area contributed by atoms with Crippen molar-refractivity contribution in [1.82, 2.24) is 5.32 Å². The van der Waals surface area contributed by atoms with Crippen LogP contribution in [-0.4, -0.2) is 18.4 Å². The van der Waals surface area contributed by atoms with E-state index in [1.165, 1.54) is 12.1 Å². The van der Waals surface area contributed by atoms with Crippen LogP contribution in [0.4, 0.5) is 13.2 Å². The number of esters is 1. The van der Waals surface area contributed by atoms with Gasteiger partial charge < -0.3 is 14.5 Å². The molecule has 0 spiro atoms. The Morgan fingerprint density at radius 2 is 1.91 bits per heavy atom. The van der Waals surface area contributed by atoms with Crippen LogP contribution in [0.1, 0.15) is 55.4 Å². The Hall–Kier alpha value is -3.29. The highest BCUT2D eigenvalue weighted by Gasteiger charge is 2.42. The molecular weight excluding hydrogens is 423 g/mol. The Morgan fingerprint density at radius 1 is 1.19 bits per heavy atom. The molecule has 0 saturated carbocycles. The van der Waals surface area contributed by atoms with E-state index in [2.05, 4.69) is 5.32 Å². The molecule has 1 aliphatic heterocycles. The third kappa shape index (κ3) is 3.97. The number of halogens is 3. The number of hydrogen-bond donors (Lipinski definition) is 1. The minimum absolute atomic E-state index is 0.135. The predicted molar refractivity (Wildman–Crippen MR) is 109 cm³/mol. The number of nitrogens with one attached hydrogen (secondary N) is 1. The van der Waals surface area contributed by atoms with Gasteiger partial charge in [-0.3, -0.25) is 4.79 Å². The average Bonchev–Trinajstić information content (AvgIpc) is 3.27. The lowest BCUT2D eigenvalue weighted by molar-refractivity contribution is -0.139. The zero-order chi connectivity index (χ0) is 23.0. The molecule has 5 nitrogen and oxygen atoms in total. The standard InChI is InChI=1S/C24H22F3NO4/c1-3-31-23(30)20-13(2)28-17-11-15(19-5-4-10-32-19)12-18(29)22(17)21(20)14-6-8-16(9-7-14)24(25,26)27/h4-10,15,21,28H,3,11-12H2,1-2H3. The molecular formula is C24H22F3NO4. The van der Waals surface area contributed by atoms with Crippen molar-refractivity contribution >= 4 is 11.8 Å². The van der Waals surface area contributed by atoms with Crippen molar-refractivity contribution in [3.63, 3.8) is 0 Å². The van der Waals surface area contributed by atoms with Gasteiger partial charge in [-0.05, 0) is 50.1 Å². The van der Waals surface area contributed by atoms with Gasteiger partial charge in [-0.25, -0.2) is 4.79 Å². The second kappa shape index (κ2) is 8.33. The Bertz CT molecular complexity index is 1100. The van der Waals surface area contributed by atoms with Crippen LogP contribution in [0.2, 0.25) is 0 Å². The molecule has 2 aromatic rings. The van der Waals surface area contributed by atoms with Gasteiger partial charge in [0.1, 0.15) is 5.76 Å². The van der Waals surface area contributed by atoms with E-state index in [4.69, 9.17) is 9.15 Å². The van der Waals surface area contributed by atoms with E-state index in [1.807, 2.05) is 6.07 Å². The van der Waals surface area contributed by atoms with Gasteiger partial charge in [0.15, 0.2) is 5.78 Å². The summed E-state index contributed by atoms with van der Waals surface area (Å²) in [6.45, 7) is 3.51. The molecule has 0 bridgehead atoms. The normalized spacial score (nSPS) is 21.3. The van der Waals surface area contributed by atoms with E-state index in [9.17, 15) is 22.8 Å². The van der Waals surface area contributed by atoms with Crippen LogP contribution in [0.15, 0.2) is 69.6 Å². The van der Waals surface area contributed by atoms with Gasteiger partial charge >= 0.3 is 12.1 Å². The lowest BCUT2D eigenvalue weighted by Gasteiger charge is -2.36. The maximum Gasteiger partial charge on any atom is 0.416 e. The summed E-state index contributed by atoms with van der Waals surface area (Å²) >= 11 is 0. The molecule has 168 valence electrons. The molecule has 2 atom stereocenters. The number of dihydropyridines is 1. The van der Waals surface area contributed by atoms with Crippen molar-refractivity contribution in [1.29, 1.82) is 0 Å². The summed E-state index contributed by atoms with van der Waals surface area (Å²) < 4.78 is 49.9. The molecule has 0 fully saturated rings. The molecule has 0 radical (unpaired) electrons. The van der Waals surface area contributed by atoms with Crippen molar-refractivity contribution in [2.45, 2.75) is 44.7 Å². The molecule has 1 aromatic heterocycles. The Kier molecular flexibility index (Phi) is 5.71. The highest BCUT2D eigenvalue weighted by atomic mass is 19.4. The maximum atomic E-state index is 13.3. The fraction of sp³-hybridized carbons (Fsp3) is 0.333. The predicted octanol–water partition coefficient (Wildman–Crippen LogP) is 5.22. The molecule has 32 heavy (non-hydrogen) atoms. The van der Waals surface area contributed by atoms with Crippen LogP contribution < -0.4 is 5.32 Å². The van der Waals surface area contributed by atoms with Gasteiger partial charge in [0.05, 0.1) is 24.0 Å². The van der Waals surface area contributed by atoms with Crippen LogP contribution in [0.25, 0.3) is 0 Å². The Balaban J connectivity index is 1.80. The first-order valence-electron chi connectivity index (χ1n) is 10.3. The number of carbonyl (C=O) groups excluding carboxylic acids is 2. The third-order valence-electron chi connectivity index (χ3n) is 5.84. The topological polar surface area (TPSA) is 68.5 Å². The average molecular weight is 445 g/mol. The summed E-state index contributed by atoms with van der Waals surface area (Å²) in [5, 5.41) is 3.18. The zero-order valence-electron chi connectivity index (χ0n) is 17.6. The van der Waals surface area contributed by atoms with Crippen LogP contribution in [0.5, 0.6) is 0 Å². The lowest BCUT2D eigenvalue weighted by Crippen LogP contribution is -2.36. The second-order valence-electron chi connectivity index (χ2n) is 7.87. The zero-order valence-corrected chi connectivity index (χ0v) is 17.6. The Morgan fingerprint density at radius 3 is 2.50 bits per heavy atom. The molecule has 2 unspecified atom stereocenters. The van der Waals surface area contributed by atoms with E-state index in [-0.39, 0.29) is 30.3 Å². The molecule has 4 rings (SSSR count). The van der Waals surface area contributed by atoms with Crippen LogP contribution in [0.3, 0.4) is 0 Å². The summed E-state index contributed by atoms with van der Waals surface area (Å²) in [7, 11) is 0. The van der Waals surface area contributed by atoms with Crippen molar-refractivity contribution < 1.29 is 31.9 Å². The summed E-state index contributed by atoms with van der Waals surface area (Å²) in [6, 6.07) is 8.15. The number of ether oxygens (including phenoxy) is 1. The number of rotatable bonds is 4. The first kappa shape index (κ1) is 21.9. The van der Waals surface area contributed by atoms with Gasteiger partial charge in [-0.1, -0.05) is 12.1 Å². The van der Waals surface area contributed by atoms with E-state index < -0.39 is 23.6 Å². The van der Waals surface area contributed by atoms with Crippen molar-refractivity contribution in [2.24, 2.45) is 0 Å². The molecule has 2 heterocycles. The summed E-state index contributed by atoms with van der Waals surface area (Å²) in [4.78, 5) is 26.1. The fourth-order valence-electron chi connectivity index (χ4n) is 4.44. The molecule has 8 heteroatoms. The molecule has 1 aliphatic carbocycles. The van der Waals surface area contributed by atoms with Crippen molar-refractivity contribution in [3.05, 3.63) is 82.1 Å². The smallest absolute Gasteiger partial charge is 0.416 e. The van der Waals surface area contributed by atoms with Crippen molar-refractivity contribution in [2.75, 3.05) is 6.61 Å². The van der Waals surface area contributed by atoms with Crippen molar-refractivity contribution in [3.8, 4) is 0 Å². The Labute approximate surface area is 182 Å². The number of hydrogen-bond acceptors (Lipinski definition) is 5. The highest BCUT2D eigenvalue weighted by molar-refractivity contribution is 6.04. The van der Waals surface area contributed by atoms with Gasteiger partial charge in [0.2, 0.25) is 0 Å². The molecule has 2 aliphatic rings. The number of Topliss-reactive ketones (excluding diaryl/α,β-unsaturated/α-hetero) is 1. The molecule has 0 saturated heterocycles. The number of ketones is 1. The first-order valence-corrected chi connectivity index (χ1v) is 10.3. The fourth-order valence-corrected chi connectivity index (χ4v) is 4.44. The summed E-state index contributed by atoms with van der Waals surface area (Å²) in [5.74, 6) is -1.06. The monoisotopic (exact) mass is 445 g/mol. The van der Waals surface area contributed by atoms with Crippen LogP contribution in [0, 0.1) is 0 Å². The molecule has 0 amide bonds. The lowest BCUT2D eigenvalue weighted by atomic mass is 9.72. The minimum Gasteiger partial charge on any atom is -0.469 e. The molecule has 1 aromatic carbocycles. The van der Waals surface area contributed by atoms with E-state index in [1.54, 1.807) is 26.2 Å². The highest BCUT2D eigenvalue weighted by Crippen LogP contribution is 2.46. The van der Waals surface area contributed by atoms with E-state index >= 15 is 0 Å². The second-order valence-corrected chi connectivity index (χ2v) is 7.87. The molecule has 1 N–H and O–H groups in total. The summed E-state index contributed by atoms with van der Waals surface area (Å²) in [6.07, 6.45) is -2.27. The number of allylic oxidation sites excluding steroid dienone is 3. The van der Waals surface area contributed by atoms with Gasteiger partial charge in [-0.2, -0.15) is 13.2 Å². The first-order chi connectivity index (χ1) is 15.2. The van der Waals surface area contributed by atoms with Gasteiger partial charge in [-0.15, -0.1) is 0 Å². The third-order valence-corrected chi connectivity index (χ3v) is 5.84. The minimum atomic E-state index is -4.48. The van der Waals surface area contributed by atoms with Crippen LogP contribution in [-0.2, 0) is 20.5 Å². The summed E-state index contributed by atoms with van der Waals surface area (Å²) in [5.41, 5.74) is 1.42. The van der Waals surface area contributed by atoms with E-state index in [0.29, 0.717) is 34.7 Å². The van der Waals surface area contributed by atoms with Gasteiger partial charge in [0, 0.05) is 35.2 Å². The van der Waals surface area contributed by atoms with E-state index in [0.717, 1.165) is 12.1 Å². The number of carbonyl (C=O) groups is 2. The maximum absolute atomic E-state index is 13.3. The number of furan rings is 1. The van der Waals surface area contributed by atoms with Crippen LogP contribution >= 0.6 is 0 Å². The van der Waals surface area contributed by atoms with Gasteiger partial charge in [0.25, 0.3) is 0 Å². The number of alkyl halides is 3. The SMILES string of the molecule is CCOC(=O)C1=C(C)NC2=C(C(=O)CC(c3ccco3)C2)C1c1ccc(C(F)(F)F)cc1. The number of benzene rings is 1. The quantitative estimate of drug-likeness (QED) is 0.654. The largest absolute Gasteiger partial charge is 0.469 e.